The van der Waals surface area contributed by atoms with Crippen LogP contribution in [0.5, 0.6) is 12.0 Å². The minimum atomic E-state index is -4.45. The first-order valence-corrected chi connectivity index (χ1v) is 18.7. The third kappa shape index (κ3) is 16.3. The molecule has 0 amide bonds. The molecule has 0 aliphatic heterocycles. The Balaban J connectivity index is 0.000000290. The SMILES string of the molecule is Cl.O=C(O)Cn1c(OCCC(F)(F)F)nc(-c2ccc(Cl)cc2)cc1=O.[C-]#[N+]C1(CC(=O)Cn2c(OCCC(F)(F)F)nc(-c3ccc(Cl)cc3)cc2=O)CC1.[C-]#[N+]C1(N)CC1. The summed E-state index contributed by atoms with van der Waals surface area (Å²) in [6.45, 7) is 10.8. The number of hydrogen-bond acceptors (Lipinski definition) is 9. The van der Waals surface area contributed by atoms with Crippen LogP contribution in [0.15, 0.2) is 70.3 Å². The predicted molar refractivity (Wildman–Crippen MR) is 216 cm³/mol. The lowest BCUT2D eigenvalue weighted by molar-refractivity contribution is -0.141. The fourth-order valence-corrected chi connectivity index (χ4v) is 5.23. The van der Waals surface area contributed by atoms with Gasteiger partial charge in [0, 0.05) is 59.0 Å². The number of alkyl halides is 6. The molecule has 0 atom stereocenters. The number of aromatic nitrogens is 4. The topological polar surface area (TPSA) is 177 Å². The average Bonchev–Trinajstić information content (AvgIpc) is 4.12. The van der Waals surface area contributed by atoms with Gasteiger partial charge >= 0.3 is 18.3 Å². The summed E-state index contributed by atoms with van der Waals surface area (Å²) in [7, 11) is 0. The molecule has 4 aromatic rings. The molecule has 2 aromatic heterocycles. The van der Waals surface area contributed by atoms with Crippen LogP contribution >= 0.6 is 35.6 Å². The number of benzene rings is 2. The molecule has 2 heterocycles. The molecule has 2 aliphatic rings. The molecule has 0 bridgehead atoms. The Bertz CT molecular complexity index is 2410. The van der Waals surface area contributed by atoms with Gasteiger partial charge in [-0.2, -0.15) is 36.3 Å². The van der Waals surface area contributed by atoms with Crippen LogP contribution in [-0.2, 0) is 22.7 Å². The number of carboxylic acids is 1. The van der Waals surface area contributed by atoms with Crippen LogP contribution in [0.4, 0.5) is 26.3 Å². The van der Waals surface area contributed by atoms with Gasteiger partial charge < -0.3 is 19.4 Å². The van der Waals surface area contributed by atoms with Crippen molar-refractivity contribution in [3.05, 3.63) is 114 Å². The van der Waals surface area contributed by atoms with E-state index >= 15 is 0 Å². The van der Waals surface area contributed by atoms with Gasteiger partial charge in [-0.1, -0.05) is 47.5 Å². The van der Waals surface area contributed by atoms with E-state index in [1.165, 1.54) is 6.07 Å². The number of aliphatic carboxylic acids is 1. The van der Waals surface area contributed by atoms with Crippen molar-refractivity contribution in [2.75, 3.05) is 13.2 Å². The maximum Gasteiger partial charge on any atom is 0.392 e. The number of carboxylic acid groups (broad SMARTS) is 1. The molecule has 2 aromatic carbocycles. The summed E-state index contributed by atoms with van der Waals surface area (Å²) in [5, 5.41) is 9.76. The summed E-state index contributed by atoms with van der Waals surface area (Å²) in [6.07, 6.45) is -8.39. The molecule has 2 saturated carbocycles. The van der Waals surface area contributed by atoms with Crippen LogP contribution in [0.1, 0.15) is 44.9 Å². The summed E-state index contributed by atoms with van der Waals surface area (Å²) in [6, 6.07) is 14.0. The fourth-order valence-electron chi connectivity index (χ4n) is 4.98. The summed E-state index contributed by atoms with van der Waals surface area (Å²) in [5.41, 5.74) is 4.06. The molecule has 2 fully saturated rings. The Morgan fingerprint density at radius 2 is 1.15 bits per heavy atom. The second-order valence-electron chi connectivity index (χ2n) is 13.8. The number of nitrogens with two attached hydrogens (primary N) is 1. The molecule has 23 heteroatoms. The van der Waals surface area contributed by atoms with Gasteiger partial charge in [0.1, 0.15) is 19.8 Å². The molecule has 62 heavy (non-hydrogen) atoms. The molecule has 0 saturated heterocycles. The van der Waals surface area contributed by atoms with Crippen molar-refractivity contribution in [1.29, 1.82) is 0 Å². The van der Waals surface area contributed by atoms with E-state index in [4.69, 9.17) is 56.7 Å². The van der Waals surface area contributed by atoms with Crippen LogP contribution < -0.4 is 26.3 Å². The zero-order valence-corrected chi connectivity index (χ0v) is 34.5. The first-order chi connectivity index (χ1) is 28.5. The van der Waals surface area contributed by atoms with Crippen molar-refractivity contribution in [3.63, 3.8) is 0 Å². The van der Waals surface area contributed by atoms with Crippen molar-refractivity contribution in [3.8, 4) is 34.5 Å². The monoisotopic (exact) mass is 933 g/mol. The van der Waals surface area contributed by atoms with Crippen molar-refractivity contribution < 1.29 is 50.5 Å². The van der Waals surface area contributed by atoms with E-state index in [9.17, 15) is 45.5 Å². The minimum Gasteiger partial charge on any atom is -0.480 e. The van der Waals surface area contributed by atoms with Crippen LogP contribution in [0.25, 0.3) is 32.2 Å². The number of nitrogens with zero attached hydrogens (tertiary/aromatic N) is 6. The Morgan fingerprint density at radius 1 is 0.742 bits per heavy atom. The summed E-state index contributed by atoms with van der Waals surface area (Å²) in [4.78, 5) is 62.7. The maximum absolute atomic E-state index is 12.6. The quantitative estimate of drug-likeness (QED) is 0.0929. The second kappa shape index (κ2) is 21.4. The largest absolute Gasteiger partial charge is 0.480 e. The lowest BCUT2D eigenvalue weighted by Gasteiger charge is -2.14. The number of Topliss-reactive ketones (excluding diaryl/α,β-unsaturated/α-hetero) is 1. The molecule has 0 spiro atoms. The maximum atomic E-state index is 12.6. The molecule has 332 valence electrons. The highest BCUT2D eigenvalue weighted by atomic mass is 35.5. The summed E-state index contributed by atoms with van der Waals surface area (Å²) >= 11 is 11.6. The molecule has 6 rings (SSSR count). The highest BCUT2D eigenvalue weighted by Gasteiger charge is 2.52. The van der Waals surface area contributed by atoms with Crippen molar-refractivity contribution >= 4 is 47.4 Å². The molecule has 2 aliphatic carbocycles. The minimum absolute atomic E-state index is 0. The van der Waals surface area contributed by atoms with Crippen molar-refractivity contribution in [2.45, 2.75) is 81.6 Å². The number of carbonyl (C=O) groups is 2. The molecule has 0 unspecified atom stereocenters. The average molecular weight is 935 g/mol. The van der Waals surface area contributed by atoms with Gasteiger partial charge in [0.05, 0.1) is 37.2 Å². The molecular weight excluding hydrogens is 899 g/mol. The van der Waals surface area contributed by atoms with E-state index < -0.39 is 85.8 Å². The number of halogens is 9. The normalized spacial score (nSPS) is 14.2. The van der Waals surface area contributed by atoms with E-state index in [0.29, 0.717) is 38.6 Å². The third-order valence-electron chi connectivity index (χ3n) is 8.66. The highest BCUT2D eigenvalue weighted by molar-refractivity contribution is 6.30. The number of rotatable bonds is 14. The van der Waals surface area contributed by atoms with E-state index in [0.717, 1.165) is 23.5 Å². The van der Waals surface area contributed by atoms with Crippen LogP contribution in [-0.4, -0.2) is 72.7 Å². The molecule has 14 nitrogen and oxygen atoms in total. The first kappa shape index (κ1) is 50.7. The van der Waals surface area contributed by atoms with Gasteiger partial charge in [0.2, 0.25) is 5.54 Å². The van der Waals surface area contributed by atoms with Gasteiger partial charge in [-0.15, -0.1) is 12.4 Å². The fraction of sp³-hybridized carbons (Fsp3) is 0.385. The van der Waals surface area contributed by atoms with Crippen LogP contribution in [0.3, 0.4) is 0 Å². The Morgan fingerprint density at radius 3 is 1.45 bits per heavy atom. The van der Waals surface area contributed by atoms with E-state index in [-0.39, 0.29) is 42.0 Å². The lowest BCUT2D eigenvalue weighted by atomic mass is 10.1. The van der Waals surface area contributed by atoms with Gasteiger partial charge in [0.15, 0.2) is 5.78 Å². The zero-order valence-electron chi connectivity index (χ0n) is 32.1. The Kier molecular flexibility index (Phi) is 17.5. The van der Waals surface area contributed by atoms with Crippen LogP contribution in [0.2, 0.25) is 10.0 Å². The molecule has 3 N–H and O–H groups in total. The van der Waals surface area contributed by atoms with E-state index in [1.807, 2.05) is 0 Å². The summed E-state index contributed by atoms with van der Waals surface area (Å²) < 4.78 is 85.9. The van der Waals surface area contributed by atoms with Gasteiger partial charge in [-0.05, 0) is 24.3 Å². The van der Waals surface area contributed by atoms with Crippen LogP contribution in [0, 0.1) is 13.1 Å². The standard InChI is InChI=1S/C20H17ClF3N3O3.C15H12ClF3N2O4.C4H6N2.ClH/c1-25-19(6-7-19)11-15(28)12-27-17(29)10-16(13-2-4-14(21)5-3-13)26-18(27)30-9-8-20(22,23)24;16-10-3-1-9(2-4-10)11-7-12(22)21(8-13(23)24)14(20-11)25-6-5-15(17,18)19;1-6-4(5)2-3-4;/h2-5,10H,6-9,11-12H2;1-4,7H,5-6,8H2,(H,23,24);2-3,5H2;1H. The Hall–Kier alpha value is -5.67. The van der Waals surface area contributed by atoms with Crippen molar-refractivity contribution in [2.24, 2.45) is 5.73 Å². The summed E-state index contributed by atoms with van der Waals surface area (Å²) in [5.74, 6) is -1.74. The molecule has 0 radical (unpaired) electrons. The molecular formula is C39H36Cl3F6N7O7. The van der Waals surface area contributed by atoms with Crippen molar-refractivity contribution in [1.82, 2.24) is 19.1 Å². The second-order valence-corrected chi connectivity index (χ2v) is 14.7. The van der Waals surface area contributed by atoms with E-state index in [2.05, 4.69) is 19.7 Å². The highest BCUT2D eigenvalue weighted by Crippen LogP contribution is 2.43. The van der Waals surface area contributed by atoms with E-state index in [1.54, 1.807) is 48.5 Å². The lowest BCUT2D eigenvalue weighted by Crippen LogP contribution is -2.28. The number of carbonyl (C=O) groups excluding carboxylic acids is 1. The smallest absolute Gasteiger partial charge is 0.392 e. The number of ether oxygens (including phenoxy) is 2. The first-order valence-electron chi connectivity index (χ1n) is 18.0. The number of hydrogen-bond donors (Lipinski definition) is 2. The van der Waals surface area contributed by atoms with Gasteiger partial charge in [-0.25, -0.2) is 13.1 Å². The number of ketones is 1. The predicted octanol–water partition coefficient (Wildman–Crippen LogP) is 8.06. The van der Waals surface area contributed by atoms with Gasteiger partial charge in [-0.3, -0.25) is 38.9 Å². The Labute approximate surface area is 365 Å². The third-order valence-corrected chi connectivity index (χ3v) is 9.17. The zero-order chi connectivity index (χ0) is 45.2. The van der Waals surface area contributed by atoms with Gasteiger partial charge in [0.25, 0.3) is 28.8 Å².